The molecular formula is C24H28N4O5S. The average Bonchev–Trinajstić information content (AvgIpc) is 3.15. The first-order chi connectivity index (χ1) is 16.4. The highest BCUT2D eigenvalue weighted by atomic mass is 32.2. The van der Waals surface area contributed by atoms with Crippen LogP contribution < -0.4 is 9.46 Å². The summed E-state index contributed by atoms with van der Waals surface area (Å²) < 4.78 is 38.9. The van der Waals surface area contributed by atoms with Crippen LogP contribution in [0.25, 0.3) is 16.7 Å². The number of pyridine rings is 1. The Hall–Kier alpha value is -2.98. The van der Waals surface area contributed by atoms with E-state index < -0.39 is 15.9 Å². The van der Waals surface area contributed by atoms with Gasteiger partial charge in [-0.15, -0.1) is 0 Å². The monoisotopic (exact) mass is 484 g/mol. The number of para-hydroxylation sites is 1. The Morgan fingerprint density at radius 3 is 2.56 bits per heavy atom. The maximum absolute atomic E-state index is 12.8. The molecule has 1 N–H and O–H groups in total. The molecule has 2 fully saturated rings. The van der Waals surface area contributed by atoms with Gasteiger partial charge >= 0.3 is 0 Å². The van der Waals surface area contributed by atoms with Crippen molar-refractivity contribution >= 4 is 27.0 Å². The van der Waals surface area contributed by atoms with E-state index in [1.807, 2.05) is 35.1 Å². The van der Waals surface area contributed by atoms with Gasteiger partial charge in [0.15, 0.2) is 5.65 Å². The largest absolute Gasteiger partial charge is 0.492 e. The minimum atomic E-state index is -3.75. The summed E-state index contributed by atoms with van der Waals surface area (Å²) in [6, 6.07) is 11.1. The molecule has 1 saturated carbocycles. The standard InChI is InChI=1S/C24H28N4O5S/c1-34(30,31)27-24(29)19-14-20(33-15-16-10-12-32-13-11-16)21-22(17-6-5-7-17)26-28(23(21)25-19)18-8-3-2-4-9-18/h2-4,8-9,14,16-17H,5-7,10-13,15H2,1H3,(H,27,29). The Morgan fingerprint density at radius 2 is 1.91 bits per heavy atom. The Labute approximate surface area is 198 Å². The van der Waals surface area contributed by atoms with Crippen molar-refractivity contribution in [2.45, 2.75) is 38.0 Å². The number of carbonyl (C=O) groups excluding carboxylic acids is 1. The number of hydrogen-bond donors (Lipinski definition) is 1. The minimum absolute atomic E-state index is 0.0304. The molecule has 9 nitrogen and oxygen atoms in total. The van der Waals surface area contributed by atoms with Crippen LogP contribution in [0.2, 0.25) is 0 Å². The van der Waals surface area contributed by atoms with Gasteiger partial charge in [-0.25, -0.2) is 22.8 Å². The van der Waals surface area contributed by atoms with Gasteiger partial charge in [-0.3, -0.25) is 4.79 Å². The number of carbonyl (C=O) groups is 1. The van der Waals surface area contributed by atoms with E-state index in [1.54, 1.807) is 10.7 Å². The molecule has 1 amide bonds. The van der Waals surface area contributed by atoms with Crippen LogP contribution >= 0.6 is 0 Å². The molecule has 1 saturated heterocycles. The molecule has 0 spiro atoms. The van der Waals surface area contributed by atoms with Crippen LogP contribution in [0.4, 0.5) is 0 Å². The summed E-state index contributed by atoms with van der Waals surface area (Å²) in [5, 5.41) is 5.70. The maximum Gasteiger partial charge on any atom is 0.283 e. The number of sulfonamides is 1. The molecule has 34 heavy (non-hydrogen) atoms. The molecule has 180 valence electrons. The van der Waals surface area contributed by atoms with Gasteiger partial charge in [0.2, 0.25) is 10.0 Å². The van der Waals surface area contributed by atoms with Crippen molar-refractivity contribution < 1.29 is 22.7 Å². The van der Waals surface area contributed by atoms with Gasteiger partial charge in [-0.1, -0.05) is 24.6 Å². The molecule has 3 heterocycles. The SMILES string of the molecule is CS(=O)(=O)NC(=O)c1cc(OCC2CCOCC2)c2c(C3CCC3)nn(-c3ccccc3)c2n1. The van der Waals surface area contributed by atoms with Crippen LogP contribution in [-0.4, -0.2) is 55.2 Å². The molecule has 5 rings (SSSR count). The Morgan fingerprint density at radius 1 is 1.18 bits per heavy atom. The Kier molecular flexibility index (Phi) is 6.26. The van der Waals surface area contributed by atoms with E-state index in [-0.39, 0.29) is 5.69 Å². The second-order valence-electron chi connectivity index (χ2n) is 9.03. The molecule has 2 aromatic heterocycles. The van der Waals surface area contributed by atoms with Crippen LogP contribution in [0.5, 0.6) is 5.75 Å². The average molecular weight is 485 g/mol. The molecule has 3 aromatic rings. The number of nitrogens with one attached hydrogen (secondary N) is 1. The zero-order chi connectivity index (χ0) is 23.7. The van der Waals surface area contributed by atoms with Crippen LogP contribution in [-0.2, 0) is 14.8 Å². The number of nitrogens with zero attached hydrogens (tertiary/aromatic N) is 3. The molecule has 1 aliphatic carbocycles. The lowest BCUT2D eigenvalue weighted by molar-refractivity contribution is 0.0499. The molecule has 1 aromatic carbocycles. The summed E-state index contributed by atoms with van der Waals surface area (Å²) in [5.41, 5.74) is 2.17. The van der Waals surface area contributed by atoms with Crippen molar-refractivity contribution in [1.29, 1.82) is 0 Å². The fourth-order valence-corrected chi connectivity index (χ4v) is 4.84. The molecule has 0 unspecified atom stereocenters. The Balaban J connectivity index is 1.64. The lowest BCUT2D eigenvalue weighted by Crippen LogP contribution is -2.30. The first kappa shape index (κ1) is 22.8. The smallest absolute Gasteiger partial charge is 0.283 e. The summed E-state index contributed by atoms with van der Waals surface area (Å²) >= 11 is 0. The van der Waals surface area contributed by atoms with E-state index in [1.165, 1.54) is 0 Å². The maximum atomic E-state index is 12.8. The van der Waals surface area contributed by atoms with E-state index in [4.69, 9.17) is 14.6 Å². The number of hydrogen-bond acceptors (Lipinski definition) is 7. The predicted octanol–water partition coefficient (Wildman–Crippen LogP) is 3.18. The molecule has 0 radical (unpaired) electrons. The number of rotatable bonds is 7. The van der Waals surface area contributed by atoms with Crippen molar-refractivity contribution in [3.8, 4) is 11.4 Å². The minimum Gasteiger partial charge on any atom is -0.492 e. The van der Waals surface area contributed by atoms with Gasteiger partial charge in [0.05, 0.1) is 29.6 Å². The fraction of sp³-hybridized carbons (Fsp3) is 0.458. The summed E-state index contributed by atoms with van der Waals surface area (Å²) in [5.74, 6) is 0.363. The van der Waals surface area contributed by atoms with Crippen LogP contribution in [0.3, 0.4) is 0 Å². The van der Waals surface area contributed by atoms with Gasteiger partial charge in [0.1, 0.15) is 11.4 Å². The molecular weight excluding hydrogens is 456 g/mol. The Bertz CT molecular complexity index is 1300. The van der Waals surface area contributed by atoms with Crippen LogP contribution in [0.15, 0.2) is 36.4 Å². The normalized spacial score (nSPS) is 17.4. The first-order valence-electron chi connectivity index (χ1n) is 11.6. The van der Waals surface area contributed by atoms with Crippen LogP contribution in [0.1, 0.15) is 54.2 Å². The molecule has 0 bridgehead atoms. The quantitative estimate of drug-likeness (QED) is 0.548. The number of ether oxygens (including phenoxy) is 2. The van der Waals surface area contributed by atoms with E-state index >= 15 is 0 Å². The molecule has 2 aliphatic rings. The predicted molar refractivity (Wildman–Crippen MR) is 127 cm³/mol. The van der Waals surface area contributed by atoms with E-state index in [9.17, 15) is 13.2 Å². The van der Waals surface area contributed by atoms with Crippen molar-refractivity contribution in [3.05, 3.63) is 47.8 Å². The van der Waals surface area contributed by atoms with E-state index in [0.717, 1.165) is 55.1 Å². The van der Waals surface area contributed by atoms with Crippen LogP contribution in [0, 0.1) is 5.92 Å². The van der Waals surface area contributed by atoms with Gasteiger partial charge in [-0.05, 0) is 43.7 Å². The molecule has 10 heteroatoms. The van der Waals surface area contributed by atoms with Gasteiger partial charge in [0.25, 0.3) is 5.91 Å². The second kappa shape index (κ2) is 9.34. The second-order valence-corrected chi connectivity index (χ2v) is 10.8. The van der Waals surface area contributed by atoms with E-state index in [2.05, 4.69) is 4.98 Å². The molecule has 0 atom stereocenters. The number of benzene rings is 1. The third-order valence-corrected chi connectivity index (χ3v) is 7.00. The number of amides is 1. The highest BCUT2D eigenvalue weighted by Crippen LogP contribution is 2.42. The topological polar surface area (TPSA) is 112 Å². The third kappa shape index (κ3) is 4.78. The van der Waals surface area contributed by atoms with Gasteiger partial charge in [-0.2, -0.15) is 5.10 Å². The highest BCUT2D eigenvalue weighted by Gasteiger charge is 2.30. The van der Waals surface area contributed by atoms with Crippen molar-refractivity contribution in [2.24, 2.45) is 5.92 Å². The third-order valence-electron chi connectivity index (χ3n) is 6.45. The first-order valence-corrected chi connectivity index (χ1v) is 13.5. The number of fused-ring (bicyclic) bond motifs is 1. The highest BCUT2D eigenvalue weighted by molar-refractivity contribution is 7.89. The van der Waals surface area contributed by atoms with E-state index in [0.29, 0.717) is 43.1 Å². The van der Waals surface area contributed by atoms with Crippen molar-refractivity contribution in [1.82, 2.24) is 19.5 Å². The lowest BCUT2D eigenvalue weighted by Gasteiger charge is -2.25. The fourth-order valence-electron chi connectivity index (χ4n) is 4.40. The lowest BCUT2D eigenvalue weighted by atomic mass is 9.82. The van der Waals surface area contributed by atoms with Crippen molar-refractivity contribution in [3.63, 3.8) is 0 Å². The number of aromatic nitrogens is 3. The molecule has 1 aliphatic heterocycles. The van der Waals surface area contributed by atoms with Gasteiger partial charge in [0, 0.05) is 25.2 Å². The zero-order valence-electron chi connectivity index (χ0n) is 19.1. The summed E-state index contributed by atoms with van der Waals surface area (Å²) in [6.07, 6.45) is 5.98. The summed E-state index contributed by atoms with van der Waals surface area (Å²) in [6.45, 7) is 1.90. The van der Waals surface area contributed by atoms with Gasteiger partial charge < -0.3 is 9.47 Å². The zero-order valence-corrected chi connectivity index (χ0v) is 19.9. The van der Waals surface area contributed by atoms with Crippen molar-refractivity contribution in [2.75, 3.05) is 26.1 Å². The summed E-state index contributed by atoms with van der Waals surface area (Å²) in [7, 11) is -3.75. The summed E-state index contributed by atoms with van der Waals surface area (Å²) in [4.78, 5) is 17.3.